The van der Waals surface area contributed by atoms with Gasteiger partial charge in [-0.2, -0.15) is 0 Å². The van der Waals surface area contributed by atoms with Crippen molar-refractivity contribution in [1.82, 2.24) is 30.1 Å². The zero-order valence-corrected chi connectivity index (χ0v) is 24.0. The van der Waals surface area contributed by atoms with Crippen LogP contribution in [0.2, 0.25) is 0 Å². The number of aromatic amines is 1. The smallest absolute Gasteiger partial charge is 0.253 e. The number of benzene rings is 2. The van der Waals surface area contributed by atoms with Crippen molar-refractivity contribution < 1.29 is 14.2 Å². The Labute approximate surface area is 233 Å². The van der Waals surface area contributed by atoms with Gasteiger partial charge in [-0.25, -0.2) is 4.68 Å². The molecule has 1 fully saturated rings. The van der Waals surface area contributed by atoms with E-state index < -0.39 is 6.04 Å². The molecule has 11 nitrogen and oxygen atoms in total. The normalized spacial score (nSPS) is 15.3. The predicted molar refractivity (Wildman–Crippen MR) is 154 cm³/mol. The number of para-hydroxylation sites is 2. The summed E-state index contributed by atoms with van der Waals surface area (Å²) in [6, 6.07) is 13.2. The Morgan fingerprint density at radius 1 is 0.950 bits per heavy atom. The number of hydrogen-bond acceptors (Lipinski definition) is 9. The fraction of sp³-hybridized carbons (Fsp3) is 0.448. The molecule has 0 bridgehead atoms. The third-order valence-electron chi connectivity index (χ3n) is 7.95. The summed E-state index contributed by atoms with van der Waals surface area (Å²) in [4.78, 5) is 21.4. The number of hydrogen-bond donors (Lipinski definition) is 1. The SMILES string of the molecule is CCC(C)(C)n1nnnc1C(c1cc2cc(OC)c(OC)cc2[nH]c1=O)N1CCN(c2ccccc2OC)CC1. The number of tetrazole rings is 1. The Hall–Kier alpha value is -4.12. The Kier molecular flexibility index (Phi) is 7.66. The van der Waals surface area contributed by atoms with Crippen molar-refractivity contribution in [2.75, 3.05) is 52.4 Å². The van der Waals surface area contributed by atoms with Crippen LogP contribution in [0.4, 0.5) is 5.69 Å². The van der Waals surface area contributed by atoms with Crippen molar-refractivity contribution in [3.63, 3.8) is 0 Å². The molecule has 1 aliphatic heterocycles. The first kappa shape index (κ1) is 27.4. The standard InChI is InChI=1S/C29H37N7O4/c1-7-29(2,3)36-27(31-32-33-36)26(35-14-12-34(13-15-35)22-10-8-9-11-23(22)38-4)20-16-19-17-24(39-5)25(40-6)18-21(19)30-28(20)37/h8-11,16-18,26H,7,12-15H2,1-6H3,(H,30,37). The molecule has 3 heterocycles. The molecule has 1 atom stereocenters. The number of ether oxygens (including phenoxy) is 3. The Morgan fingerprint density at radius 3 is 2.30 bits per heavy atom. The van der Waals surface area contributed by atoms with Gasteiger partial charge in [0.2, 0.25) is 0 Å². The van der Waals surface area contributed by atoms with Crippen LogP contribution in [0.5, 0.6) is 17.2 Å². The number of nitrogens with one attached hydrogen (secondary N) is 1. The molecule has 1 unspecified atom stereocenters. The quantitative estimate of drug-likeness (QED) is 0.336. The van der Waals surface area contributed by atoms with Gasteiger partial charge in [0.15, 0.2) is 17.3 Å². The van der Waals surface area contributed by atoms with Crippen LogP contribution in [0.15, 0.2) is 47.3 Å². The molecular weight excluding hydrogens is 510 g/mol. The van der Waals surface area contributed by atoms with Crippen molar-refractivity contribution >= 4 is 16.6 Å². The van der Waals surface area contributed by atoms with Crippen LogP contribution in [0.1, 0.15) is 44.6 Å². The summed E-state index contributed by atoms with van der Waals surface area (Å²) in [7, 11) is 4.87. The van der Waals surface area contributed by atoms with Gasteiger partial charge in [0.1, 0.15) is 11.8 Å². The fourth-order valence-corrected chi connectivity index (χ4v) is 5.31. The zero-order chi connectivity index (χ0) is 28.4. The molecule has 4 aromatic rings. The molecule has 0 saturated carbocycles. The third-order valence-corrected chi connectivity index (χ3v) is 7.95. The number of rotatable bonds is 9. The molecule has 1 saturated heterocycles. The van der Waals surface area contributed by atoms with Crippen molar-refractivity contribution in [2.45, 2.75) is 38.8 Å². The molecule has 0 amide bonds. The van der Waals surface area contributed by atoms with Crippen LogP contribution in [0, 0.1) is 0 Å². The number of methoxy groups -OCH3 is 3. The number of anilines is 1. The fourth-order valence-electron chi connectivity index (χ4n) is 5.31. The first-order chi connectivity index (χ1) is 19.3. The predicted octanol–water partition coefficient (Wildman–Crippen LogP) is 3.60. The van der Waals surface area contributed by atoms with Gasteiger partial charge in [-0.1, -0.05) is 19.1 Å². The first-order valence-corrected chi connectivity index (χ1v) is 13.5. The van der Waals surface area contributed by atoms with E-state index in [9.17, 15) is 4.79 Å². The zero-order valence-electron chi connectivity index (χ0n) is 24.0. The maximum absolute atomic E-state index is 13.7. The van der Waals surface area contributed by atoms with E-state index in [1.807, 2.05) is 35.0 Å². The molecule has 5 rings (SSSR count). The van der Waals surface area contributed by atoms with Gasteiger partial charge in [0.05, 0.1) is 38.1 Å². The van der Waals surface area contributed by atoms with Crippen LogP contribution >= 0.6 is 0 Å². The molecule has 2 aromatic carbocycles. The van der Waals surface area contributed by atoms with Gasteiger partial charge in [-0.15, -0.1) is 5.10 Å². The van der Waals surface area contributed by atoms with E-state index in [2.05, 4.69) is 57.1 Å². The summed E-state index contributed by atoms with van der Waals surface area (Å²) in [6.07, 6.45) is 0.824. The van der Waals surface area contributed by atoms with Crippen LogP contribution < -0.4 is 24.7 Å². The number of piperazine rings is 1. The van der Waals surface area contributed by atoms with Gasteiger partial charge in [-0.3, -0.25) is 9.69 Å². The summed E-state index contributed by atoms with van der Waals surface area (Å²) in [6.45, 7) is 9.22. The van der Waals surface area contributed by atoms with E-state index in [4.69, 9.17) is 14.2 Å². The molecule has 0 aliphatic carbocycles. The number of pyridine rings is 1. The van der Waals surface area contributed by atoms with E-state index >= 15 is 0 Å². The van der Waals surface area contributed by atoms with Gasteiger partial charge < -0.3 is 24.1 Å². The summed E-state index contributed by atoms with van der Waals surface area (Å²) >= 11 is 0. The second-order valence-electron chi connectivity index (χ2n) is 10.6. The minimum absolute atomic E-state index is 0.194. The van der Waals surface area contributed by atoms with Crippen molar-refractivity contribution in [1.29, 1.82) is 0 Å². The Morgan fingerprint density at radius 2 is 1.62 bits per heavy atom. The highest BCUT2D eigenvalue weighted by atomic mass is 16.5. The van der Waals surface area contributed by atoms with E-state index in [1.54, 1.807) is 27.4 Å². The summed E-state index contributed by atoms with van der Waals surface area (Å²) in [5.41, 5.74) is 1.77. The second kappa shape index (κ2) is 11.2. The summed E-state index contributed by atoms with van der Waals surface area (Å²) in [5.74, 6) is 2.63. The van der Waals surface area contributed by atoms with Gasteiger partial charge in [0.25, 0.3) is 5.56 Å². The lowest BCUT2D eigenvalue weighted by Crippen LogP contribution is -2.49. The average Bonchev–Trinajstić information content (AvgIpc) is 3.48. The molecule has 212 valence electrons. The van der Waals surface area contributed by atoms with Crippen molar-refractivity contribution in [3.05, 3.63) is 64.2 Å². The minimum Gasteiger partial charge on any atom is -0.495 e. The molecule has 1 N–H and O–H groups in total. The molecule has 40 heavy (non-hydrogen) atoms. The van der Waals surface area contributed by atoms with Gasteiger partial charge in [-0.05, 0) is 55.0 Å². The molecule has 0 radical (unpaired) electrons. The number of fused-ring (bicyclic) bond motifs is 1. The lowest BCUT2D eigenvalue weighted by atomic mass is 9.98. The lowest BCUT2D eigenvalue weighted by Gasteiger charge is -2.40. The van der Waals surface area contributed by atoms with Crippen LogP contribution in [0.25, 0.3) is 10.9 Å². The highest BCUT2D eigenvalue weighted by Gasteiger charge is 2.36. The Balaban J connectivity index is 1.59. The summed E-state index contributed by atoms with van der Waals surface area (Å²) < 4.78 is 18.5. The highest BCUT2D eigenvalue weighted by Crippen LogP contribution is 2.35. The van der Waals surface area contributed by atoms with Crippen molar-refractivity contribution in [2.24, 2.45) is 0 Å². The van der Waals surface area contributed by atoms with Crippen molar-refractivity contribution in [3.8, 4) is 17.2 Å². The largest absolute Gasteiger partial charge is 0.495 e. The van der Waals surface area contributed by atoms with Gasteiger partial charge >= 0.3 is 0 Å². The molecular formula is C29H37N7O4. The minimum atomic E-state index is -0.457. The lowest BCUT2D eigenvalue weighted by molar-refractivity contribution is 0.186. The van der Waals surface area contributed by atoms with Crippen LogP contribution in [-0.2, 0) is 5.54 Å². The average molecular weight is 548 g/mol. The maximum atomic E-state index is 13.7. The van der Waals surface area contributed by atoms with E-state index in [0.29, 0.717) is 41.5 Å². The monoisotopic (exact) mass is 547 g/mol. The van der Waals surface area contributed by atoms with E-state index in [0.717, 1.165) is 36.3 Å². The van der Waals surface area contributed by atoms with Gasteiger partial charge in [0, 0.05) is 43.2 Å². The first-order valence-electron chi connectivity index (χ1n) is 13.5. The third kappa shape index (κ3) is 4.97. The maximum Gasteiger partial charge on any atom is 0.253 e. The Bertz CT molecular complexity index is 1540. The topological polar surface area (TPSA) is 111 Å². The number of nitrogens with zero attached hydrogens (tertiary/aromatic N) is 6. The molecule has 2 aromatic heterocycles. The highest BCUT2D eigenvalue weighted by molar-refractivity contribution is 5.83. The molecule has 11 heteroatoms. The number of aromatic nitrogens is 5. The molecule has 0 spiro atoms. The van der Waals surface area contributed by atoms with Crippen LogP contribution in [-0.4, -0.2) is 77.6 Å². The second-order valence-corrected chi connectivity index (χ2v) is 10.6. The van der Waals surface area contributed by atoms with E-state index in [-0.39, 0.29) is 11.1 Å². The molecule has 1 aliphatic rings. The van der Waals surface area contributed by atoms with E-state index in [1.165, 1.54) is 0 Å². The summed E-state index contributed by atoms with van der Waals surface area (Å²) in [5, 5.41) is 13.8. The van der Waals surface area contributed by atoms with Crippen LogP contribution in [0.3, 0.4) is 0 Å². The number of H-pyrrole nitrogens is 1.